The lowest BCUT2D eigenvalue weighted by atomic mass is 9.96. The van der Waals surface area contributed by atoms with E-state index in [-0.39, 0.29) is 0 Å². The quantitative estimate of drug-likeness (QED) is 0.206. The molecular weight excluding hydrogens is 436 g/mol. The van der Waals surface area contributed by atoms with Gasteiger partial charge in [-0.3, -0.25) is 0 Å². The van der Waals surface area contributed by atoms with Crippen molar-refractivity contribution in [3.05, 3.63) is 0 Å². The summed E-state index contributed by atoms with van der Waals surface area (Å²) in [6.07, 6.45) is -19.5. The molecule has 13 heteroatoms. The molecule has 0 aromatic rings. The Morgan fingerprint density at radius 2 is 0.844 bits per heavy atom. The van der Waals surface area contributed by atoms with Crippen molar-refractivity contribution in [2.75, 3.05) is 7.11 Å². The van der Waals surface area contributed by atoms with Crippen LogP contribution in [0, 0.1) is 0 Å². The monoisotopic (exact) mass is 470 g/mol. The smallest absolute Gasteiger partial charge is 0.187 e. The summed E-state index contributed by atoms with van der Waals surface area (Å²) in [4.78, 5) is 0. The standard InChI is InChI=1S/C19H34O13/c1-5-8(20)11(23)13(25)17(28-5)31-15-10(22)7(3)30-19(27-4)16(15)32-18-14(26)12(24)9(21)6(2)29-18/h5-26H,1-4H3. The molecule has 15 atom stereocenters. The third-order valence-electron chi connectivity index (χ3n) is 6.19. The highest BCUT2D eigenvalue weighted by Gasteiger charge is 2.53. The van der Waals surface area contributed by atoms with Crippen molar-refractivity contribution >= 4 is 0 Å². The molecule has 0 radical (unpaired) electrons. The maximum atomic E-state index is 10.7. The zero-order chi connectivity index (χ0) is 23.9. The van der Waals surface area contributed by atoms with Crippen LogP contribution in [0.2, 0.25) is 0 Å². The molecule has 0 aromatic carbocycles. The van der Waals surface area contributed by atoms with E-state index in [9.17, 15) is 35.7 Å². The van der Waals surface area contributed by atoms with Crippen molar-refractivity contribution in [2.45, 2.75) is 113 Å². The molecule has 0 amide bonds. The summed E-state index contributed by atoms with van der Waals surface area (Å²) in [6, 6.07) is 0. The van der Waals surface area contributed by atoms with E-state index >= 15 is 0 Å². The lowest BCUT2D eigenvalue weighted by Gasteiger charge is -2.48. The van der Waals surface area contributed by atoms with Gasteiger partial charge >= 0.3 is 0 Å². The topological polar surface area (TPSA) is 197 Å². The van der Waals surface area contributed by atoms with E-state index in [1.165, 1.54) is 21.0 Å². The Morgan fingerprint density at radius 1 is 0.469 bits per heavy atom. The van der Waals surface area contributed by atoms with Gasteiger partial charge < -0.3 is 64.2 Å². The fraction of sp³-hybridized carbons (Fsp3) is 1.00. The van der Waals surface area contributed by atoms with Crippen LogP contribution in [0.25, 0.3) is 0 Å². The van der Waals surface area contributed by atoms with E-state index in [2.05, 4.69) is 0 Å². The SMILES string of the molecule is COC1OC(C)C(O)C(OC2OC(C)C(O)C(O)C2O)C1OC1OC(C)C(O)C(O)C1O. The number of rotatable bonds is 5. The third kappa shape index (κ3) is 4.95. The molecule has 0 aromatic heterocycles. The maximum Gasteiger partial charge on any atom is 0.187 e. The van der Waals surface area contributed by atoms with Crippen LogP contribution < -0.4 is 0 Å². The van der Waals surface area contributed by atoms with Gasteiger partial charge in [-0.2, -0.15) is 0 Å². The molecule has 3 aliphatic rings. The predicted molar refractivity (Wildman–Crippen MR) is 102 cm³/mol. The van der Waals surface area contributed by atoms with E-state index in [0.29, 0.717) is 0 Å². The van der Waals surface area contributed by atoms with Crippen LogP contribution in [0.4, 0.5) is 0 Å². The van der Waals surface area contributed by atoms with Gasteiger partial charge in [0.15, 0.2) is 18.9 Å². The van der Waals surface area contributed by atoms with Gasteiger partial charge in [0, 0.05) is 7.11 Å². The van der Waals surface area contributed by atoms with Crippen LogP contribution in [0.1, 0.15) is 20.8 Å². The van der Waals surface area contributed by atoms with E-state index in [1.807, 2.05) is 0 Å². The molecule has 0 spiro atoms. The molecular formula is C19H34O13. The molecule has 15 unspecified atom stereocenters. The van der Waals surface area contributed by atoms with Gasteiger partial charge in [0.2, 0.25) is 0 Å². The second-order valence-electron chi connectivity index (χ2n) is 8.50. The third-order valence-corrected chi connectivity index (χ3v) is 6.19. The zero-order valence-corrected chi connectivity index (χ0v) is 18.2. The van der Waals surface area contributed by atoms with Crippen LogP contribution in [-0.2, 0) is 28.4 Å². The van der Waals surface area contributed by atoms with Gasteiger partial charge in [-0.15, -0.1) is 0 Å². The number of ether oxygens (including phenoxy) is 6. The van der Waals surface area contributed by atoms with Gasteiger partial charge in [-0.1, -0.05) is 0 Å². The Hall–Kier alpha value is -0.520. The van der Waals surface area contributed by atoms with Crippen LogP contribution in [0.5, 0.6) is 0 Å². The number of methoxy groups -OCH3 is 1. The lowest BCUT2D eigenvalue weighted by Crippen LogP contribution is -2.65. The average Bonchev–Trinajstić information content (AvgIpc) is 2.76. The highest BCUT2D eigenvalue weighted by molar-refractivity contribution is 4.95. The summed E-state index contributed by atoms with van der Waals surface area (Å²) >= 11 is 0. The fourth-order valence-electron chi connectivity index (χ4n) is 4.04. The van der Waals surface area contributed by atoms with Crippen molar-refractivity contribution in [3.8, 4) is 0 Å². The summed E-state index contributed by atoms with van der Waals surface area (Å²) in [5.74, 6) is 0. The number of hydrogen-bond donors (Lipinski definition) is 7. The Kier molecular flexibility index (Phi) is 8.48. The minimum absolute atomic E-state index is 0.804. The van der Waals surface area contributed by atoms with Gasteiger partial charge in [0.1, 0.15) is 54.9 Å². The molecule has 0 saturated carbocycles. The molecule has 7 N–H and O–H groups in total. The van der Waals surface area contributed by atoms with E-state index in [1.54, 1.807) is 6.92 Å². The van der Waals surface area contributed by atoms with Gasteiger partial charge in [0.25, 0.3) is 0 Å². The first kappa shape index (κ1) is 26.1. The maximum absolute atomic E-state index is 10.7. The van der Waals surface area contributed by atoms with Crippen LogP contribution in [0.15, 0.2) is 0 Å². The highest BCUT2D eigenvalue weighted by Crippen LogP contribution is 2.33. The van der Waals surface area contributed by atoms with Gasteiger partial charge in [-0.25, -0.2) is 0 Å². The first-order chi connectivity index (χ1) is 15.0. The van der Waals surface area contributed by atoms with Crippen LogP contribution in [0.3, 0.4) is 0 Å². The predicted octanol–water partition coefficient (Wildman–Crippen LogP) is -3.84. The molecule has 13 nitrogen and oxygen atoms in total. The first-order valence-electron chi connectivity index (χ1n) is 10.5. The largest absolute Gasteiger partial charge is 0.388 e. The normalized spacial score (nSPS) is 55.0. The minimum atomic E-state index is -1.64. The second kappa shape index (κ2) is 10.4. The summed E-state index contributed by atoms with van der Waals surface area (Å²) in [6.45, 7) is 4.51. The second-order valence-corrected chi connectivity index (χ2v) is 8.50. The van der Waals surface area contributed by atoms with E-state index in [0.717, 1.165) is 0 Å². The minimum Gasteiger partial charge on any atom is -0.388 e. The fourth-order valence-corrected chi connectivity index (χ4v) is 4.04. The van der Waals surface area contributed by atoms with E-state index in [4.69, 9.17) is 28.4 Å². The summed E-state index contributed by atoms with van der Waals surface area (Å²) in [5, 5.41) is 71.3. The summed E-state index contributed by atoms with van der Waals surface area (Å²) in [5.41, 5.74) is 0. The first-order valence-corrected chi connectivity index (χ1v) is 10.5. The van der Waals surface area contributed by atoms with Gasteiger partial charge in [-0.05, 0) is 20.8 Å². The van der Waals surface area contributed by atoms with E-state index < -0.39 is 92.1 Å². The molecule has 3 fully saturated rings. The Morgan fingerprint density at radius 3 is 1.28 bits per heavy atom. The van der Waals surface area contributed by atoms with Crippen molar-refractivity contribution in [3.63, 3.8) is 0 Å². The number of aliphatic hydroxyl groups is 7. The van der Waals surface area contributed by atoms with Crippen LogP contribution in [-0.4, -0.2) is 135 Å². The highest BCUT2D eigenvalue weighted by atomic mass is 16.8. The van der Waals surface area contributed by atoms with Crippen molar-refractivity contribution in [1.82, 2.24) is 0 Å². The Bertz CT molecular complexity index is 574. The number of aliphatic hydroxyl groups excluding tert-OH is 7. The molecule has 3 aliphatic heterocycles. The molecule has 3 heterocycles. The molecule has 188 valence electrons. The zero-order valence-electron chi connectivity index (χ0n) is 18.2. The van der Waals surface area contributed by atoms with Crippen LogP contribution >= 0.6 is 0 Å². The van der Waals surface area contributed by atoms with Crippen molar-refractivity contribution in [2.24, 2.45) is 0 Å². The molecule has 0 bridgehead atoms. The summed E-state index contributed by atoms with van der Waals surface area (Å²) in [7, 11) is 1.32. The molecule has 0 aliphatic carbocycles. The van der Waals surface area contributed by atoms with Crippen molar-refractivity contribution in [1.29, 1.82) is 0 Å². The lowest BCUT2D eigenvalue weighted by molar-refractivity contribution is -0.385. The molecule has 32 heavy (non-hydrogen) atoms. The van der Waals surface area contributed by atoms with Gasteiger partial charge in [0.05, 0.1) is 18.3 Å². The molecule has 3 saturated heterocycles. The Balaban J connectivity index is 1.82. The Labute approximate surface area is 185 Å². The van der Waals surface area contributed by atoms with Crippen molar-refractivity contribution < 1.29 is 64.2 Å². The molecule has 3 rings (SSSR count). The average molecular weight is 470 g/mol. The summed E-state index contributed by atoms with van der Waals surface area (Å²) < 4.78 is 33.4. The number of hydrogen-bond acceptors (Lipinski definition) is 13.